The van der Waals surface area contributed by atoms with E-state index in [0.29, 0.717) is 6.54 Å². The first-order chi connectivity index (χ1) is 9.49. The fourth-order valence-corrected chi connectivity index (χ4v) is 3.08. The molecule has 0 saturated carbocycles. The van der Waals surface area contributed by atoms with Gasteiger partial charge in [-0.15, -0.1) is 0 Å². The number of piperidine rings is 1. The monoisotopic (exact) mass is 300 g/mol. The maximum absolute atomic E-state index is 12.0. The van der Waals surface area contributed by atoms with Crippen LogP contribution >= 0.6 is 0 Å². The zero-order valence-electron chi connectivity index (χ0n) is 10.8. The Kier molecular flexibility index (Phi) is 4.63. The van der Waals surface area contributed by atoms with Crippen molar-refractivity contribution in [2.75, 3.05) is 19.6 Å². The van der Waals surface area contributed by atoms with Crippen molar-refractivity contribution < 1.29 is 13.3 Å². The standard InChI is InChI=1S/C11H16N4O4S/c16-15(17)10-3-4-11(13-8-10)20(18,19)14-7-9-2-1-5-12-6-9/h3-4,8-9,12,14H,1-2,5-7H2/t9-/m0/s1. The lowest BCUT2D eigenvalue weighted by Gasteiger charge is -2.22. The summed E-state index contributed by atoms with van der Waals surface area (Å²) in [5.74, 6) is 0.261. The van der Waals surface area contributed by atoms with Crippen molar-refractivity contribution in [1.29, 1.82) is 0 Å². The molecule has 20 heavy (non-hydrogen) atoms. The van der Waals surface area contributed by atoms with E-state index in [4.69, 9.17) is 0 Å². The highest BCUT2D eigenvalue weighted by Crippen LogP contribution is 2.13. The minimum absolute atomic E-state index is 0.202. The Morgan fingerprint density at radius 1 is 1.50 bits per heavy atom. The molecule has 8 nitrogen and oxygen atoms in total. The molecule has 1 fully saturated rings. The topological polar surface area (TPSA) is 114 Å². The quantitative estimate of drug-likeness (QED) is 0.596. The van der Waals surface area contributed by atoms with Gasteiger partial charge in [0.2, 0.25) is 0 Å². The van der Waals surface area contributed by atoms with Gasteiger partial charge < -0.3 is 5.32 Å². The summed E-state index contributed by atoms with van der Waals surface area (Å²) < 4.78 is 26.5. The second-order valence-corrected chi connectivity index (χ2v) is 6.39. The Hall–Kier alpha value is -1.58. The van der Waals surface area contributed by atoms with Crippen molar-refractivity contribution >= 4 is 15.7 Å². The number of aromatic nitrogens is 1. The molecule has 1 aromatic heterocycles. The van der Waals surface area contributed by atoms with Crippen molar-refractivity contribution in [3.8, 4) is 0 Å². The lowest BCUT2D eigenvalue weighted by molar-refractivity contribution is -0.385. The van der Waals surface area contributed by atoms with E-state index in [9.17, 15) is 18.5 Å². The number of pyridine rings is 1. The van der Waals surface area contributed by atoms with Gasteiger partial charge in [0, 0.05) is 12.6 Å². The number of rotatable bonds is 5. The van der Waals surface area contributed by atoms with E-state index in [2.05, 4.69) is 15.0 Å². The van der Waals surface area contributed by atoms with Gasteiger partial charge in [0.05, 0.1) is 4.92 Å². The van der Waals surface area contributed by atoms with E-state index in [0.717, 1.165) is 44.3 Å². The van der Waals surface area contributed by atoms with Crippen molar-refractivity contribution in [2.24, 2.45) is 5.92 Å². The Morgan fingerprint density at radius 3 is 2.85 bits per heavy atom. The smallest absolute Gasteiger partial charge is 0.287 e. The highest BCUT2D eigenvalue weighted by molar-refractivity contribution is 7.89. The highest BCUT2D eigenvalue weighted by atomic mass is 32.2. The summed E-state index contributed by atoms with van der Waals surface area (Å²) in [6.07, 6.45) is 2.95. The van der Waals surface area contributed by atoms with Crippen LogP contribution < -0.4 is 10.0 Å². The summed E-state index contributed by atoms with van der Waals surface area (Å²) in [6.45, 7) is 2.09. The number of hydrogen-bond acceptors (Lipinski definition) is 6. The van der Waals surface area contributed by atoms with Crippen LogP contribution in [0.5, 0.6) is 0 Å². The molecular formula is C11H16N4O4S. The van der Waals surface area contributed by atoms with Gasteiger partial charge in [-0.05, 0) is 37.9 Å². The molecule has 1 aromatic rings. The van der Waals surface area contributed by atoms with Gasteiger partial charge in [-0.3, -0.25) is 10.1 Å². The van der Waals surface area contributed by atoms with Crippen molar-refractivity contribution in [3.05, 3.63) is 28.4 Å². The molecule has 0 spiro atoms. The lowest BCUT2D eigenvalue weighted by Crippen LogP contribution is -2.38. The molecule has 2 rings (SSSR count). The predicted octanol–water partition coefficient (Wildman–Crippen LogP) is 0.268. The van der Waals surface area contributed by atoms with Crippen molar-refractivity contribution in [1.82, 2.24) is 15.0 Å². The molecule has 0 amide bonds. The molecule has 1 aliphatic rings. The molecule has 1 atom stereocenters. The van der Waals surface area contributed by atoms with Crippen LogP contribution in [-0.4, -0.2) is 38.0 Å². The molecule has 0 aromatic carbocycles. The Balaban J connectivity index is 2.00. The second-order valence-electron chi connectivity index (χ2n) is 4.68. The van der Waals surface area contributed by atoms with E-state index in [1.807, 2.05) is 0 Å². The van der Waals surface area contributed by atoms with Gasteiger partial charge in [0.15, 0.2) is 5.03 Å². The molecular weight excluding hydrogens is 284 g/mol. The van der Waals surface area contributed by atoms with Gasteiger partial charge in [-0.2, -0.15) is 0 Å². The van der Waals surface area contributed by atoms with Gasteiger partial charge in [-0.1, -0.05) is 0 Å². The zero-order chi connectivity index (χ0) is 14.6. The molecule has 1 saturated heterocycles. The summed E-state index contributed by atoms with van der Waals surface area (Å²) in [5.41, 5.74) is -0.236. The number of hydrogen-bond donors (Lipinski definition) is 2. The van der Waals surface area contributed by atoms with E-state index in [1.54, 1.807) is 0 Å². The van der Waals surface area contributed by atoms with Crippen LogP contribution in [0.4, 0.5) is 5.69 Å². The van der Waals surface area contributed by atoms with Crippen LogP contribution in [0.1, 0.15) is 12.8 Å². The third-order valence-corrected chi connectivity index (χ3v) is 4.51. The van der Waals surface area contributed by atoms with E-state index in [-0.39, 0.29) is 16.6 Å². The van der Waals surface area contributed by atoms with Crippen molar-refractivity contribution in [2.45, 2.75) is 17.9 Å². The summed E-state index contributed by atoms with van der Waals surface area (Å²) in [6, 6.07) is 2.27. The molecule has 9 heteroatoms. The van der Waals surface area contributed by atoms with E-state index >= 15 is 0 Å². The maximum Gasteiger partial charge on any atom is 0.287 e. The number of nitrogens with zero attached hydrogens (tertiary/aromatic N) is 2. The van der Waals surface area contributed by atoms with Gasteiger partial charge in [-0.25, -0.2) is 18.1 Å². The minimum Gasteiger partial charge on any atom is -0.316 e. The fraction of sp³-hybridized carbons (Fsp3) is 0.545. The average molecular weight is 300 g/mol. The first kappa shape index (κ1) is 14.8. The molecule has 2 N–H and O–H groups in total. The minimum atomic E-state index is -3.71. The molecule has 0 aliphatic carbocycles. The summed E-state index contributed by atoms with van der Waals surface area (Å²) in [4.78, 5) is 13.5. The molecule has 0 bridgehead atoms. The zero-order valence-corrected chi connectivity index (χ0v) is 11.6. The second kappa shape index (κ2) is 6.25. The third kappa shape index (κ3) is 3.71. The third-order valence-electron chi connectivity index (χ3n) is 3.17. The summed E-state index contributed by atoms with van der Waals surface area (Å²) >= 11 is 0. The maximum atomic E-state index is 12.0. The molecule has 0 radical (unpaired) electrons. The highest BCUT2D eigenvalue weighted by Gasteiger charge is 2.20. The van der Waals surface area contributed by atoms with Crippen LogP contribution in [0.25, 0.3) is 0 Å². The first-order valence-corrected chi connectivity index (χ1v) is 7.78. The van der Waals surface area contributed by atoms with Crippen LogP contribution in [0.3, 0.4) is 0 Å². The normalized spacial score (nSPS) is 19.7. The molecule has 1 aliphatic heterocycles. The van der Waals surface area contributed by atoms with Crippen molar-refractivity contribution in [3.63, 3.8) is 0 Å². The summed E-state index contributed by atoms with van der Waals surface area (Å²) in [7, 11) is -3.71. The first-order valence-electron chi connectivity index (χ1n) is 6.30. The van der Waals surface area contributed by atoms with Gasteiger partial charge in [0.25, 0.3) is 15.7 Å². The van der Waals surface area contributed by atoms with Crippen LogP contribution in [0, 0.1) is 16.0 Å². The van der Waals surface area contributed by atoms with Gasteiger partial charge in [0.1, 0.15) is 6.20 Å². The number of nitrogens with one attached hydrogen (secondary N) is 2. The Morgan fingerprint density at radius 2 is 2.30 bits per heavy atom. The average Bonchev–Trinajstić information content (AvgIpc) is 2.46. The van der Waals surface area contributed by atoms with Gasteiger partial charge >= 0.3 is 0 Å². The SMILES string of the molecule is O=[N+]([O-])c1ccc(S(=O)(=O)NC[C@H]2CCCNC2)nc1. The predicted molar refractivity (Wildman–Crippen MR) is 71.7 cm³/mol. The largest absolute Gasteiger partial charge is 0.316 e. The van der Waals surface area contributed by atoms with Crippen LogP contribution in [0.2, 0.25) is 0 Å². The van der Waals surface area contributed by atoms with E-state index in [1.165, 1.54) is 0 Å². The fourth-order valence-electron chi connectivity index (χ4n) is 2.04. The van der Waals surface area contributed by atoms with Crippen LogP contribution in [0.15, 0.2) is 23.4 Å². The summed E-state index contributed by atoms with van der Waals surface area (Å²) in [5, 5.41) is 13.5. The number of nitro groups is 1. The Labute approximate surface area is 116 Å². The number of sulfonamides is 1. The molecule has 0 unspecified atom stereocenters. The van der Waals surface area contributed by atoms with Crippen LogP contribution in [-0.2, 0) is 10.0 Å². The molecule has 110 valence electrons. The van der Waals surface area contributed by atoms with E-state index < -0.39 is 14.9 Å². The molecule has 2 heterocycles. The Bertz CT molecular complexity index is 567. The lowest BCUT2D eigenvalue weighted by atomic mass is 10.0.